The predicted octanol–water partition coefficient (Wildman–Crippen LogP) is 1.91. The van der Waals surface area contributed by atoms with Gasteiger partial charge in [0.25, 0.3) is 0 Å². The van der Waals surface area contributed by atoms with Crippen LogP contribution in [0.4, 0.5) is 0 Å². The minimum atomic E-state index is -0.430. The number of aromatic nitrogens is 1. The predicted molar refractivity (Wildman–Crippen MR) is 52.9 cm³/mol. The van der Waals surface area contributed by atoms with Crippen molar-refractivity contribution in [2.24, 2.45) is 0 Å². The van der Waals surface area contributed by atoms with Crippen LogP contribution in [-0.2, 0) is 4.74 Å². The first-order valence-corrected chi connectivity index (χ1v) is 5.21. The average molecular weight is 201 g/mol. The molecular formula is C9H15NO2S. The van der Waals surface area contributed by atoms with E-state index in [1.165, 1.54) is 0 Å². The largest absolute Gasteiger partial charge is 0.387 e. The summed E-state index contributed by atoms with van der Waals surface area (Å²) in [6, 6.07) is 0. The smallest absolute Gasteiger partial charge is 0.0969 e. The second kappa shape index (κ2) is 5.32. The molecule has 1 heterocycles. The van der Waals surface area contributed by atoms with Crippen molar-refractivity contribution < 1.29 is 9.84 Å². The zero-order valence-electron chi connectivity index (χ0n) is 7.99. The number of nitrogens with zero attached hydrogens (tertiary/aromatic N) is 1. The number of hydrogen-bond donors (Lipinski definition) is 1. The van der Waals surface area contributed by atoms with Gasteiger partial charge in [0.2, 0.25) is 0 Å². The van der Waals surface area contributed by atoms with E-state index in [0.29, 0.717) is 6.61 Å². The molecule has 0 aliphatic rings. The second-order valence-electron chi connectivity index (χ2n) is 2.94. The normalized spacial score (nSPS) is 13.2. The van der Waals surface area contributed by atoms with Crippen molar-refractivity contribution in [1.82, 2.24) is 4.98 Å². The summed E-state index contributed by atoms with van der Waals surface area (Å²) in [6.45, 7) is 2.64. The van der Waals surface area contributed by atoms with Gasteiger partial charge in [0.05, 0.1) is 16.8 Å². The molecule has 0 saturated heterocycles. The number of hydrogen-bond acceptors (Lipinski definition) is 4. The van der Waals surface area contributed by atoms with Gasteiger partial charge in [-0.05, 0) is 19.8 Å². The number of ether oxygens (including phenoxy) is 1. The lowest BCUT2D eigenvalue weighted by Crippen LogP contribution is -2.00. The minimum absolute atomic E-state index is 0.430. The number of methoxy groups -OCH3 is 1. The first-order chi connectivity index (χ1) is 6.24. The van der Waals surface area contributed by atoms with Crippen LogP contribution < -0.4 is 0 Å². The molecule has 13 heavy (non-hydrogen) atoms. The molecule has 1 aromatic rings. The number of aliphatic hydroxyl groups is 1. The van der Waals surface area contributed by atoms with Crippen LogP contribution in [0, 0.1) is 6.92 Å². The number of aryl methyl sites for hydroxylation is 1. The van der Waals surface area contributed by atoms with E-state index in [2.05, 4.69) is 4.98 Å². The van der Waals surface area contributed by atoms with E-state index in [-0.39, 0.29) is 0 Å². The van der Waals surface area contributed by atoms with Crippen molar-refractivity contribution in [2.75, 3.05) is 13.7 Å². The Morgan fingerprint density at radius 2 is 2.46 bits per heavy atom. The standard InChI is InChI=1S/C9H15NO2S/c1-7-10-8(6-13-7)9(11)4-3-5-12-2/h6,9,11H,3-5H2,1-2H3. The lowest BCUT2D eigenvalue weighted by Gasteiger charge is -2.06. The monoisotopic (exact) mass is 201 g/mol. The van der Waals surface area contributed by atoms with Crippen molar-refractivity contribution in [3.8, 4) is 0 Å². The summed E-state index contributed by atoms with van der Waals surface area (Å²) in [5, 5.41) is 12.6. The van der Waals surface area contributed by atoms with Crippen molar-refractivity contribution in [2.45, 2.75) is 25.9 Å². The van der Waals surface area contributed by atoms with Gasteiger partial charge in [-0.15, -0.1) is 11.3 Å². The van der Waals surface area contributed by atoms with Crippen molar-refractivity contribution in [3.63, 3.8) is 0 Å². The highest BCUT2D eigenvalue weighted by Crippen LogP contribution is 2.19. The Bertz CT molecular complexity index is 250. The van der Waals surface area contributed by atoms with Gasteiger partial charge in [0.1, 0.15) is 0 Å². The molecule has 1 N–H and O–H groups in total. The van der Waals surface area contributed by atoms with Gasteiger partial charge in [0.15, 0.2) is 0 Å². The lowest BCUT2D eigenvalue weighted by atomic mass is 10.1. The third kappa shape index (κ3) is 3.42. The number of rotatable bonds is 5. The van der Waals surface area contributed by atoms with Crippen LogP contribution in [-0.4, -0.2) is 23.8 Å². The van der Waals surface area contributed by atoms with E-state index in [0.717, 1.165) is 23.5 Å². The molecule has 0 spiro atoms. The van der Waals surface area contributed by atoms with Crippen LogP contribution in [0.2, 0.25) is 0 Å². The first kappa shape index (κ1) is 10.6. The Morgan fingerprint density at radius 1 is 1.69 bits per heavy atom. The van der Waals surface area contributed by atoms with Crippen molar-refractivity contribution in [1.29, 1.82) is 0 Å². The zero-order chi connectivity index (χ0) is 9.68. The van der Waals surface area contributed by atoms with Gasteiger partial charge in [-0.2, -0.15) is 0 Å². The van der Waals surface area contributed by atoms with Gasteiger partial charge in [-0.3, -0.25) is 0 Å². The molecule has 0 fully saturated rings. The Hall–Kier alpha value is -0.450. The fraction of sp³-hybridized carbons (Fsp3) is 0.667. The SMILES string of the molecule is COCCCC(O)c1csc(C)n1. The van der Waals surface area contributed by atoms with Gasteiger partial charge in [-0.25, -0.2) is 4.98 Å². The van der Waals surface area contributed by atoms with Gasteiger partial charge in [-0.1, -0.05) is 0 Å². The molecule has 1 aromatic heterocycles. The Balaban J connectivity index is 2.35. The van der Waals surface area contributed by atoms with Crippen LogP contribution in [0.1, 0.15) is 29.6 Å². The number of aliphatic hydroxyl groups excluding tert-OH is 1. The molecule has 74 valence electrons. The molecule has 0 saturated carbocycles. The summed E-state index contributed by atoms with van der Waals surface area (Å²) in [5.41, 5.74) is 0.790. The van der Waals surface area contributed by atoms with Crippen LogP contribution in [0.3, 0.4) is 0 Å². The molecular weight excluding hydrogens is 186 g/mol. The molecule has 1 rings (SSSR count). The van der Waals surface area contributed by atoms with Crippen LogP contribution in [0.25, 0.3) is 0 Å². The van der Waals surface area contributed by atoms with E-state index in [4.69, 9.17) is 4.74 Å². The molecule has 1 atom stereocenters. The molecule has 0 radical (unpaired) electrons. The second-order valence-corrected chi connectivity index (χ2v) is 4.00. The fourth-order valence-corrected chi connectivity index (χ4v) is 1.76. The quantitative estimate of drug-likeness (QED) is 0.740. The van der Waals surface area contributed by atoms with Gasteiger partial charge in [0, 0.05) is 19.1 Å². The third-order valence-electron chi connectivity index (χ3n) is 1.80. The summed E-state index contributed by atoms with van der Waals surface area (Å²) in [6.07, 6.45) is 1.16. The molecule has 0 aromatic carbocycles. The van der Waals surface area contributed by atoms with E-state index in [1.807, 2.05) is 12.3 Å². The molecule has 3 nitrogen and oxygen atoms in total. The fourth-order valence-electron chi connectivity index (χ4n) is 1.10. The van der Waals surface area contributed by atoms with Gasteiger partial charge >= 0.3 is 0 Å². The first-order valence-electron chi connectivity index (χ1n) is 4.33. The highest BCUT2D eigenvalue weighted by atomic mass is 32.1. The topological polar surface area (TPSA) is 42.4 Å². The summed E-state index contributed by atoms with van der Waals surface area (Å²) in [7, 11) is 1.67. The van der Waals surface area contributed by atoms with Crippen molar-refractivity contribution in [3.05, 3.63) is 16.1 Å². The van der Waals surface area contributed by atoms with Gasteiger partial charge < -0.3 is 9.84 Å². The minimum Gasteiger partial charge on any atom is -0.387 e. The summed E-state index contributed by atoms with van der Waals surface area (Å²) < 4.78 is 4.90. The molecule has 0 bridgehead atoms. The Labute approximate surface area is 82.4 Å². The van der Waals surface area contributed by atoms with E-state index < -0.39 is 6.10 Å². The summed E-state index contributed by atoms with van der Waals surface area (Å²) in [5.74, 6) is 0. The third-order valence-corrected chi connectivity index (χ3v) is 2.60. The maximum Gasteiger partial charge on any atom is 0.0969 e. The highest BCUT2D eigenvalue weighted by Gasteiger charge is 2.09. The van der Waals surface area contributed by atoms with Crippen molar-refractivity contribution >= 4 is 11.3 Å². The summed E-state index contributed by atoms with van der Waals surface area (Å²) in [4.78, 5) is 4.22. The Morgan fingerprint density at radius 3 is 3.00 bits per heavy atom. The Kier molecular flexibility index (Phi) is 4.35. The number of thiazole rings is 1. The van der Waals surface area contributed by atoms with E-state index >= 15 is 0 Å². The molecule has 1 unspecified atom stereocenters. The van der Waals surface area contributed by atoms with Crippen LogP contribution in [0.15, 0.2) is 5.38 Å². The highest BCUT2D eigenvalue weighted by molar-refractivity contribution is 7.09. The maximum absolute atomic E-state index is 9.65. The maximum atomic E-state index is 9.65. The average Bonchev–Trinajstić information content (AvgIpc) is 2.52. The van der Waals surface area contributed by atoms with Crippen LogP contribution in [0.5, 0.6) is 0 Å². The van der Waals surface area contributed by atoms with E-state index in [1.54, 1.807) is 18.4 Å². The molecule has 0 amide bonds. The van der Waals surface area contributed by atoms with Crippen LogP contribution >= 0.6 is 11.3 Å². The van der Waals surface area contributed by atoms with E-state index in [9.17, 15) is 5.11 Å². The summed E-state index contributed by atoms with van der Waals surface area (Å²) >= 11 is 1.57. The molecule has 0 aliphatic carbocycles. The molecule has 0 aliphatic heterocycles. The lowest BCUT2D eigenvalue weighted by molar-refractivity contribution is 0.133. The zero-order valence-corrected chi connectivity index (χ0v) is 8.80. The molecule has 4 heteroatoms.